The Kier molecular flexibility index (Phi) is 6.57. The van der Waals surface area contributed by atoms with Gasteiger partial charge in [-0.1, -0.05) is 12.1 Å². The van der Waals surface area contributed by atoms with Gasteiger partial charge < -0.3 is 14.4 Å². The monoisotopic (exact) mass is 382 g/mol. The Morgan fingerprint density at radius 1 is 1.08 bits per heavy atom. The highest BCUT2D eigenvalue weighted by atomic mass is 32.2. The van der Waals surface area contributed by atoms with Crippen LogP contribution in [0.25, 0.3) is 0 Å². The third kappa shape index (κ3) is 4.72. The maximum absolute atomic E-state index is 13.2. The van der Waals surface area contributed by atoms with E-state index in [1.165, 1.54) is 38.5 Å². The molecule has 6 nitrogen and oxygen atoms in total. The number of hydrogen-bond acceptors (Lipinski definition) is 5. The number of nitrogens with zero attached hydrogens (tertiary/aromatic N) is 1. The van der Waals surface area contributed by atoms with Crippen molar-refractivity contribution in [2.45, 2.75) is 10.9 Å². The maximum atomic E-state index is 13.2. The van der Waals surface area contributed by atoms with E-state index in [-0.39, 0.29) is 29.0 Å². The fraction of sp³-hybridized carbons (Fsp3) is 0.333. The highest BCUT2D eigenvalue weighted by Gasteiger charge is 2.23. The van der Waals surface area contributed by atoms with Crippen molar-refractivity contribution in [3.8, 4) is 11.5 Å². The molecule has 26 heavy (non-hydrogen) atoms. The molecule has 2 rings (SSSR count). The lowest BCUT2D eigenvalue weighted by molar-refractivity contribution is 0.299. The molecular formula is C18H23FN2O4S. The summed E-state index contributed by atoms with van der Waals surface area (Å²) in [6.07, 6.45) is 0. The molecule has 2 aromatic rings. The largest absolute Gasteiger partial charge is 0.497 e. The van der Waals surface area contributed by atoms with Crippen LogP contribution in [0.4, 0.5) is 4.39 Å². The first-order valence-electron chi connectivity index (χ1n) is 7.92. The lowest BCUT2D eigenvalue weighted by atomic mass is 10.1. The predicted octanol–water partition coefficient (Wildman–Crippen LogP) is 2.42. The standard InChI is InChI=1S/C18H23FN2O4S/c1-21(2)16(13-5-7-14(19)8-6-13)12-20-26(22,23)18-11-15(24-3)9-10-17(18)25-4/h5-11,16,20H,12H2,1-4H3/t16-/m1/s1. The summed E-state index contributed by atoms with van der Waals surface area (Å²) in [5.41, 5.74) is 0.803. The second-order valence-electron chi connectivity index (χ2n) is 5.90. The van der Waals surface area contributed by atoms with Crippen molar-refractivity contribution in [3.05, 3.63) is 53.8 Å². The lowest BCUT2D eigenvalue weighted by Gasteiger charge is -2.25. The molecule has 0 spiro atoms. The molecule has 0 fully saturated rings. The van der Waals surface area contributed by atoms with E-state index in [1.54, 1.807) is 18.2 Å². The van der Waals surface area contributed by atoms with Crippen molar-refractivity contribution in [2.24, 2.45) is 0 Å². The van der Waals surface area contributed by atoms with Gasteiger partial charge in [-0.05, 0) is 43.9 Å². The topological polar surface area (TPSA) is 67.9 Å². The van der Waals surface area contributed by atoms with Crippen LogP contribution in [0.3, 0.4) is 0 Å². The molecule has 8 heteroatoms. The molecule has 1 N–H and O–H groups in total. The zero-order chi connectivity index (χ0) is 19.3. The Labute approximate surface area is 153 Å². The van der Waals surface area contributed by atoms with Crippen LogP contribution in [0.1, 0.15) is 11.6 Å². The summed E-state index contributed by atoms with van der Waals surface area (Å²) >= 11 is 0. The van der Waals surface area contributed by atoms with Crippen LogP contribution in [-0.2, 0) is 10.0 Å². The molecule has 0 radical (unpaired) electrons. The van der Waals surface area contributed by atoms with Crippen molar-refractivity contribution in [1.29, 1.82) is 0 Å². The van der Waals surface area contributed by atoms with Crippen LogP contribution in [-0.4, -0.2) is 48.2 Å². The Balaban J connectivity index is 2.26. The minimum absolute atomic E-state index is 0.00374. The van der Waals surface area contributed by atoms with Crippen molar-refractivity contribution in [3.63, 3.8) is 0 Å². The summed E-state index contributed by atoms with van der Waals surface area (Å²) in [7, 11) is 2.68. The Morgan fingerprint density at radius 2 is 1.73 bits per heavy atom. The molecule has 0 saturated heterocycles. The zero-order valence-electron chi connectivity index (χ0n) is 15.2. The second-order valence-corrected chi connectivity index (χ2v) is 7.64. The first-order valence-corrected chi connectivity index (χ1v) is 9.40. The second kappa shape index (κ2) is 8.48. The quantitative estimate of drug-likeness (QED) is 0.760. The van der Waals surface area contributed by atoms with Gasteiger partial charge in [0.1, 0.15) is 22.2 Å². The van der Waals surface area contributed by atoms with E-state index in [0.29, 0.717) is 5.75 Å². The van der Waals surface area contributed by atoms with Crippen LogP contribution < -0.4 is 14.2 Å². The first kappa shape index (κ1) is 20.2. The lowest BCUT2D eigenvalue weighted by Crippen LogP contribution is -2.34. The molecule has 0 amide bonds. The average molecular weight is 382 g/mol. The van der Waals surface area contributed by atoms with Gasteiger partial charge in [0.25, 0.3) is 0 Å². The number of halogens is 1. The fourth-order valence-corrected chi connectivity index (χ4v) is 3.76. The summed E-state index contributed by atoms with van der Waals surface area (Å²) < 4.78 is 51.5. The number of methoxy groups -OCH3 is 2. The Bertz CT molecular complexity index is 839. The van der Waals surface area contributed by atoms with E-state index in [2.05, 4.69) is 4.72 Å². The number of nitrogens with one attached hydrogen (secondary N) is 1. The molecule has 0 bridgehead atoms. The van der Waals surface area contributed by atoms with Gasteiger partial charge in [-0.2, -0.15) is 0 Å². The highest BCUT2D eigenvalue weighted by molar-refractivity contribution is 7.89. The van der Waals surface area contributed by atoms with E-state index < -0.39 is 10.0 Å². The Hall–Kier alpha value is -2.16. The zero-order valence-corrected chi connectivity index (χ0v) is 16.0. The minimum Gasteiger partial charge on any atom is -0.497 e. The van der Waals surface area contributed by atoms with Gasteiger partial charge in [-0.3, -0.25) is 0 Å². The van der Waals surface area contributed by atoms with Gasteiger partial charge in [0.05, 0.1) is 14.2 Å². The smallest absolute Gasteiger partial charge is 0.244 e. The predicted molar refractivity (Wildman–Crippen MR) is 97.6 cm³/mol. The normalized spacial score (nSPS) is 12.8. The molecule has 0 heterocycles. The SMILES string of the molecule is COc1ccc(OC)c(S(=O)(=O)NC[C@H](c2ccc(F)cc2)N(C)C)c1. The van der Waals surface area contributed by atoms with E-state index >= 15 is 0 Å². The van der Waals surface area contributed by atoms with Crippen molar-refractivity contribution >= 4 is 10.0 Å². The average Bonchev–Trinajstić information content (AvgIpc) is 2.62. The van der Waals surface area contributed by atoms with Crippen LogP contribution in [0.5, 0.6) is 11.5 Å². The molecule has 0 unspecified atom stereocenters. The van der Waals surface area contributed by atoms with Crippen LogP contribution in [0.15, 0.2) is 47.4 Å². The number of hydrogen-bond donors (Lipinski definition) is 1. The summed E-state index contributed by atoms with van der Waals surface area (Å²) in [6, 6.07) is 10.3. The summed E-state index contributed by atoms with van der Waals surface area (Å²) in [6.45, 7) is 0.112. The van der Waals surface area contributed by atoms with Crippen molar-refractivity contribution in [2.75, 3.05) is 34.9 Å². The summed E-state index contributed by atoms with van der Waals surface area (Å²) in [4.78, 5) is 1.86. The Morgan fingerprint density at radius 3 is 2.27 bits per heavy atom. The van der Waals surface area contributed by atoms with E-state index in [9.17, 15) is 12.8 Å². The van der Waals surface area contributed by atoms with Crippen LogP contribution >= 0.6 is 0 Å². The fourth-order valence-electron chi connectivity index (χ4n) is 2.54. The molecule has 1 atom stereocenters. The number of likely N-dealkylation sites (N-methyl/N-ethyl adjacent to an activating group) is 1. The molecular weight excluding hydrogens is 359 g/mol. The summed E-state index contributed by atoms with van der Waals surface area (Å²) in [5, 5.41) is 0. The van der Waals surface area contributed by atoms with Crippen molar-refractivity contribution < 1.29 is 22.3 Å². The van der Waals surface area contributed by atoms with Gasteiger partial charge in [0.15, 0.2) is 0 Å². The first-order chi connectivity index (χ1) is 12.3. The summed E-state index contributed by atoms with van der Waals surface area (Å²) in [5.74, 6) is 0.295. The van der Waals surface area contributed by atoms with Crippen molar-refractivity contribution in [1.82, 2.24) is 9.62 Å². The van der Waals surface area contributed by atoms with Crippen LogP contribution in [0, 0.1) is 5.82 Å². The van der Waals surface area contributed by atoms with Gasteiger partial charge >= 0.3 is 0 Å². The molecule has 0 aliphatic carbocycles. The van der Waals surface area contributed by atoms with E-state index in [4.69, 9.17) is 9.47 Å². The third-order valence-electron chi connectivity index (χ3n) is 4.01. The van der Waals surface area contributed by atoms with Gasteiger partial charge in [0, 0.05) is 18.7 Å². The third-order valence-corrected chi connectivity index (χ3v) is 5.45. The number of rotatable bonds is 8. The number of ether oxygens (including phenoxy) is 2. The number of benzene rings is 2. The van der Waals surface area contributed by atoms with Crippen LogP contribution in [0.2, 0.25) is 0 Å². The highest BCUT2D eigenvalue weighted by Crippen LogP contribution is 2.28. The molecule has 142 valence electrons. The van der Waals surface area contributed by atoms with E-state index in [1.807, 2.05) is 19.0 Å². The minimum atomic E-state index is -3.84. The maximum Gasteiger partial charge on any atom is 0.244 e. The molecule has 0 saturated carbocycles. The molecule has 0 aliphatic rings. The number of sulfonamides is 1. The van der Waals surface area contributed by atoms with Gasteiger partial charge in [-0.15, -0.1) is 0 Å². The molecule has 0 aliphatic heterocycles. The molecule has 2 aromatic carbocycles. The van der Waals surface area contributed by atoms with Gasteiger partial charge in [-0.25, -0.2) is 17.5 Å². The van der Waals surface area contributed by atoms with E-state index in [0.717, 1.165) is 5.56 Å². The van der Waals surface area contributed by atoms with Gasteiger partial charge in [0.2, 0.25) is 10.0 Å². The molecule has 0 aromatic heterocycles.